The highest BCUT2D eigenvalue weighted by molar-refractivity contribution is 6.03. The lowest BCUT2D eigenvalue weighted by atomic mass is 9.96. The van der Waals surface area contributed by atoms with Crippen LogP contribution in [-0.2, 0) is 37.9 Å². The fourth-order valence-corrected chi connectivity index (χ4v) is 6.96. The Bertz CT molecular complexity index is 2660. The lowest BCUT2D eigenvalue weighted by Gasteiger charge is -2.26. The maximum atomic E-state index is 11.8. The monoisotopic (exact) mass is 1210 g/mol. The summed E-state index contributed by atoms with van der Waals surface area (Å²) in [7, 11) is 0. The van der Waals surface area contributed by atoms with Gasteiger partial charge in [0.05, 0.1) is 108 Å². The molecule has 0 spiro atoms. The van der Waals surface area contributed by atoms with E-state index in [9.17, 15) is 28.8 Å². The van der Waals surface area contributed by atoms with Gasteiger partial charge in [-0.15, -0.1) is 0 Å². The van der Waals surface area contributed by atoms with Gasteiger partial charge in [-0.2, -0.15) is 0 Å². The van der Waals surface area contributed by atoms with E-state index in [1.807, 2.05) is 64.1 Å². The first-order valence-corrected chi connectivity index (χ1v) is 29.9. The third-order valence-corrected chi connectivity index (χ3v) is 10.5. The molecular weight excluding hydrogens is 1110 g/mol. The maximum Gasteiger partial charge on any atom is 0.339 e. The van der Waals surface area contributed by atoms with E-state index in [1.165, 1.54) is 6.07 Å². The van der Waals surface area contributed by atoms with Gasteiger partial charge in [-0.25, -0.2) is 28.8 Å². The molecule has 0 amide bonds. The van der Waals surface area contributed by atoms with Gasteiger partial charge in [0.25, 0.3) is 0 Å². The van der Waals surface area contributed by atoms with Crippen LogP contribution in [0.4, 0.5) is 0 Å². The van der Waals surface area contributed by atoms with E-state index in [-0.39, 0.29) is 65.4 Å². The molecule has 0 bridgehead atoms. The second-order valence-corrected chi connectivity index (χ2v) is 23.6. The predicted octanol–water partition coefficient (Wildman–Crippen LogP) is 16.2. The van der Waals surface area contributed by atoms with Crippen LogP contribution in [0.2, 0.25) is 0 Å². The average molecular weight is 1210 g/mol. The first-order chi connectivity index (χ1) is 40.6. The van der Waals surface area contributed by atoms with E-state index in [1.54, 1.807) is 150 Å². The van der Waals surface area contributed by atoms with Gasteiger partial charge in [0.1, 0.15) is 11.5 Å². The molecule has 5 aromatic carbocycles. The number of carbonyl (C=O) groups excluding carboxylic acids is 6. The smallest absolute Gasteiger partial charge is 0.339 e. The van der Waals surface area contributed by atoms with Gasteiger partial charge in [0.2, 0.25) is 0 Å². The second kappa shape index (κ2) is 40.0. The van der Waals surface area contributed by atoms with Crippen molar-refractivity contribution in [3.8, 4) is 22.6 Å². The molecule has 0 heterocycles. The van der Waals surface area contributed by atoms with Crippen LogP contribution in [0.3, 0.4) is 0 Å². The van der Waals surface area contributed by atoms with Crippen LogP contribution in [0.5, 0.6) is 11.5 Å². The summed E-state index contributed by atoms with van der Waals surface area (Å²) < 4.78 is 53.3. The summed E-state index contributed by atoms with van der Waals surface area (Å²) in [5.74, 6) is -0.914. The molecule has 0 aliphatic heterocycles. The zero-order valence-electron chi connectivity index (χ0n) is 55.8. The first-order valence-electron chi connectivity index (χ1n) is 29.9. The van der Waals surface area contributed by atoms with E-state index < -0.39 is 35.8 Å². The molecule has 0 atom stereocenters. The zero-order chi connectivity index (χ0) is 66.1. The van der Waals surface area contributed by atoms with Crippen LogP contribution >= 0.6 is 0 Å². The topological polar surface area (TPSA) is 195 Å². The van der Waals surface area contributed by atoms with Crippen LogP contribution in [0, 0.1) is 5.41 Å². The van der Waals surface area contributed by atoms with Gasteiger partial charge < -0.3 is 47.4 Å². The summed E-state index contributed by atoms with van der Waals surface area (Å²) in [5.41, 5.74) is 4.26. The largest absolute Gasteiger partial charge is 0.490 e. The Hall–Kier alpha value is -7.56. The zero-order valence-corrected chi connectivity index (χ0v) is 55.8. The van der Waals surface area contributed by atoms with Crippen molar-refractivity contribution in [1.82, 2.24) is 0 Å². The number of benzene rings is 5. The third-order valence-electron chi connectivity index (χ3n) is 10.5. The molecule has 480 valence electrons. The normalized spacial score (nSPS) is 11.0. The minimum Gasteiger partial charge on any atom is -0.490 e. The number of hydrogen-bond acceptors (Lipinski definition) is 16. The van der Waals surface area contributed by atoms with Crippen molar-refractivity contribution in [3.63, 3.8) is 0 Å². The summed E-state index contributed by atoms with van der Waals surface area (Å²) in [4.78, 5) is 70.2. The molecule has 0 saturated carbocycles. The Labute approximate surface area is 519 Å². The summed E-state index contributed by atoms with van der Waals surface area (Å²) in [5, 5.41) is 0. The molecule has 0 unspecified atom stereocenters. The lowest BCUT2D eigenvalue weighted by Crippen LogP contribution is -2.28. The van der Waals surface area contributed by atoms with Gasteiger partial charge in [-0.3, -0.25) is 0 Å². The first kappa shape index (κ1) is 77.5. The number of ether oxygens (including phenoxy) is 10. The lowest BCUT2D eigenvalue weighted by molar-refractivity contribution is -0.0395. The Morgan fingerprint density at radius 2 is 0.563 bits per heavy atom. The summed E-state index contributed by atoms with van der Waals surface area (Å²) in [6.45, 7) is 43.5. The fourth-order valence-electron chi connectivity index (χ4n) is 6.96. The minimum atomic E-state index is -0.513. The van der Waals surface area contributed by atoms with E-state index >= 15 is 0 Å². The van der Waals surface area contributed by atoms with Crippen LogP contribution in [0.1, 0.15) is 214 Å². The number of hydrogen-bond donors (Lipinski definition) is 0. The molecule has 87 heavy (non-hydrogen) atoms. The maximum absolute atomic E-state index is 11.8. The van der Waals surface area contributed by atoms with Crippen LogP contribution in [0.15, 0.2) is 121 Å². The number of para-hydroxylation sites is 2. The van der Waals surface area contributed by atoms with E-state index in [0.29, 0.717) is 34.5 Å². The molecule has 0 radical (unpaired) electrons. The van der Waals surface area contributed by atoms with Crippen LogP contribution < -0.4 is 9.47 Å². The molecule has 16 nitrogen and oxygen atoms in total. The highest BCUT2D eigenvalue weighted by Crippen LogP contribution is 2.37. The summed E-state index contributed by atoms with van der Waals surface area (Å²) in [6, 6.07) is 35.2. The fraction of sp³-hybridized carbons (Fsp3) is 0.493. The van der Waals surface area contributed by atoms with Crippen molar-refractivity contribution < 1.29 is 76.1 Å². The Morgan fingerprint density at radius 1 is 0.299 bits per heavy atom. The molecule has 0 aromatic heterocycles. The Balaban J connectivity index is 0.000000547. The van der Waals surface area contributed by atoms with Gasteiger partial charge in [0.15, 0.2) is 0 Å². The van der Waals surface area contributed by atoms with Crippen molar-refractivity contribution in [3.05, 3.63) is 155 Å². The van der Waals surface area contributed by atoms with Gasteiger partial charge in [-0.05, 0) is 205 Å². The van der Waals surface area contributed by atoms with Crippen molar-refractivity contribution in [2.24, 2.45) is 5.41 Å². The third kappa shape index (κ3) is 33.2. The quantitative estimate of drug-likeness (QED) is 0.0442. The average Bonchev–Trinajstić information content (AvgIpc) is 2.53. The number of carbonyl (C=O) groups is 6. The highest BCUT2D eigenvalue weighted by Gasteiger charge is 2.22. The van der Waals surface area contributed by atoms with Crippen molar-refractivity contribution in [2.45, 2.75) is 213 Å². The molecule has 0 aliphatic rings. The Kier molecular flexibility index (Phi) is 35.6. The Morgan fingerprint density at radius 3 is 0.839 bits per heavy atom. The summed E-state index contributed by atoms with van der Waals surface area (Å²) >= 11 is 0. The molecule has 0 N–H and O–H groups in total. The standard InChI is InChI=1S/C18H22O2.3C14H18O4.C11H24O2/c1-13(2)19-17-11-7-5-9-15(17)16-10-6-8-12-18(16)20-14(3)4;1-9(2)17-13(15)11-5-7-12(8-6-11)14(16)18-10(3)4;1-9(2)17-13(15)11-6-5-7-12(8-11)14(16)18-10(3)4;1-9(2)17-13(15)11-7-5-6-8-12(11)14(16)18-10(3)4;1-9(2)12-7-11(5,6)8-13-10(3)4/h5-14H,1-4H3;3*5-10H,1-4H3;9-10H,7-8H2,1-6H3. The van der Waals surface area contributed by atoms with E-state index in [0.717, 1.165) is 35.8 Å². The van der Waals surface area contributed by atoms with Crippen LogP contribution in [0.25, 0.3) is 11.1 Å². The number of esters is 6. The van der Waals surface area contributed by atoms with E-state index in [2.05, 4.69) is 53.7 Å². The van der Waals surface area contributed by atoms with Gasteiger partial charge >= 0.3 is 35.8 Å². The second-order valence-electron chi connectivity index (χ2n) is 23.6. The van der Waals surface area contributed by atoms with Crippen LogP contribution in [-0.4, -0.2) is 110 Å². The molecule has 0 fully saturated rings. The van der Waals surface area contributed by atoms with Crippen molar-refractivity contribution in [1.29, 1.82) is 0 Å². The predicted molar refractivity (Wildman–Crippen MR) is 342 cm³/mol. The molecular formula is C71H100O16. The van der Waals surface area contributed by atoms with Crippen molar-refractivity contribution in [2.75, 3.05) is 13.2 Å². The molecule has 5 rings (SSSR count). The number of rotatable bonds is 23. The molecule has 0 saturated heterocycles. The van der Waals surface area contributed by atoms with E-state index in [4.69, 9.17) is 47.4 Å². The van der Waals surface area contributed by atoms with Gasteiger partial charge in [0, 0.05) is 16.5 Å². The SMILES string of the molecule is CC(C)OC(=O)c1ccc(C(=O)OC(C)C)cc1.CC(C)OC(=O)c1cccc(C(=O)OC(C)C)c1.CC(C)OC(=O)c1ccccc1C(=O)OC(C)C.CC(C)OCC(C)(C)COC(C)C.CC(C)Oc1ccccc1-c1ccccc1OC(C)C. The molecule has 0 aliphatic carbocycles. The summed E-state index contributed by atoms with van der Waals surface area (Å²) in [6.07, 6.45) is -0.266. The minimum absolute atomic E-state index is 0.120. The molecule has 16 heteroatoms. The van der Waals surface area contributed by atoms with Gasteiger partial charge in [-0.1, -0.05) is 68.4 Å². The molecule has 5 aromatic rings. The van der Waals surface area contributed by atoms with Crippen molar-refractivity contribution >= 4 is 35.8 Å². The highest BCUT2D eigenvalue weighted by atomic mass is 16.6.